The van der Waals surface area contributed by atoms with E-state index in [1.807, 2.05) is 20.8 Å². The fraction of sp³-hybridized carbons (Fsp3) is 1.00. The summed E-state index contributed by atoms with van der Waals surface area (Å²) in [6.45, 7) is 4.74. The maximum atomic E-state index is 11.8. The zero-order valence-electron chi connectivity index (χ0n) is 9.03. The number of rotatable bonds is 4. The van der Waals surface area contributed by atoms with Crippen molar-refractivity contribution >= 4 is 0 Å². The van der Waals surface area contributed by atoms with Crippen LogP contribution in [0.15, 0.2) is 0 Å². The molecule has 0 aromatic carbocycles. The van der Waals surface area contributed by atoms with Crippen LogP contribution in [0.3, 0.4) is 0 Å². The summed E-state index contributed by atoms with van der Waals surface area (Å²) >= 11 is 0. The lowest BCUT2D eigenvalue weighted by molar-refractivity contribution is -0.176. The third kappa shape index (κ3) is 6.21. The van der Waals surface area contributed by atoms with Crippen molar-refractivity contribution in [1.82, 2.24) is 5.32 Å². The Hall–Kier alpha value is -0.290. The molecule has 1 atom stereocenters. The van der Waals surface area contributed by atoms with E-state index in [2.05, 4.69) is 10.1 Å². The maximum absolute atomic E-state index is 11.8. The molecule has 0 fully saturated rings. The summed E-state index contributed by atoms with van der Waals surface area (Å²) < 4.78 is 39.9. The summed E-state index contributed by atoms with van der Waals surface area (Å²) in [4.78, 5) is 0. The second-order valence-corrected chi connectivity index (χ2v) is 4.34. The topological polar surface area (TPSA) is 21.3 Å². The lowest BCUT2D eigenvalue weighted by Crippen LogP contribution is -2.42. The molecule has 86 valence electrons. The third-order valence-corrected chi connectivity index (χ3v) is 1.94. The van der Waals surface area contributed by atoms with E-state index in [1.54, 1.807) is 7.05 Å². The highest BCUT2D eigenvalue weighted by molar-refractivity contribution is 4.78. The molecule has 0 heterocycles. The van der Waals surface area contributed by atoms with E-state index < -0.39 is 12.8 Å². The van der Waals surface area contributed by atoms with Gasteiger partial charge in [-0.1, -0.05) is 20.8 Å². The molecule has 0 amide bonds. The van der Waals surface area contributed by atoms with E-state index in [1.165, 1.54) is 0 Å². The van der Waals surface area contributed by atoms with E-state index in [-0.39, 0.29) is 18.1 Å². The van der Waals surface area contributed by atoms with Gasteiger partial charge < -0.3 is 10.1 Å². The van der Waals surface area contributed by atoms with Crippen LogP contribution in [0.25, 0.3) is 0 Å². The van der Waals surface area contributed by atoms with Crippen LogP contribution in [-0.2, 0) is 4.74 Å². The van der Waals surface area contributed by atoms with Gasteiger partial charge in [0.1, 0.15) is 6.61 Å². The van der Waals surface area contributed by atoms with Crippen LogP contribution in [0.5, 0.6) is 0 Å². The van der Waals surface area contributed by atoms with Crippen molar-refractivity contribution in [2.45, 2.75) is 33.0 Å². The Labute approximate surface area is 82.8 Å². The number of alkyl halides is 3. The minimum atomic E-state index is -4.24. The highest BCUT2D eigenvalue weighted by atomic mass is 19.4. The molecule has 0 aliphatic rings. The van der Waals surface area contributed by atoms with Gasteiger partial charge in [-0.3, -0.25) is 0 Å². The fourth-order valence-electron chi connectivity index (χ4n) is 1.06. The maximum Gasteiger partial charge on any atom is 0.411 e. The molecule has 1 N–H and O–H groups in total. The summed E-state index contributed by atoms with van der Waals surface area (Å²) in [5, 5.41) is 2.94. The molecule has 0 bridgehead atoms. The Morgan fingerprint density at radius 2 is 1.71 bits per heavy atom. The SMILES string of the molecule is CNC(COCC(F)(F)F)C(C)(C)C. The normalized spacial score (nSPS) is 15.6. The molecule has 14 heavy (non-hydrogen) atoms. The Bertz CT molecular complexity index is 162. The average molecular weight is 213 g/mol. The summed E-state index contributed by atoms with van der Waals surface area (Å²) in [5.74, 6) is 0. The predicted molar refractivity (Wildman–Crippen MR) is 49.2 cm³/mol. The average Bonchev–Trinajstić information content (AvgIpc) is 1.93. The molecule has 0 saturated carbocycles. The van der Waals surface area contributed by atoms with Gasteiger partial charge in [0.05, 0.1) is 6.61 Å². The molecule has 0 spiro atoms. The number of halogens is 3. The van der Waals surface area contributed by atoms with Crippen LogP contribution in [0, 0.1) is 5.41 Å². The zero-order valence-corrected chi connectivity index (χ0v) is 9.03. The first-order chi connectivity index (χ1) is 6.17. The molecule has 0 saturated heterocycles. The quantitative estimate of drug-likeness (QED) is 0.773. The Kier molecular flexibility index (Phi) is 4.88. The molecule has 0 aromatic rings. The molecule has 0 rings (SSSR count). The second-order valence-electron chi connectivity index (χ2n) is 4.34. The molecule has 0 aliphatic heterocycles. The van der Waals surface area contributed by atoms with Crippen LogP contribution in [0.2, 0.25) is 0 Å². The smallest absolute Gasteiger partial charge is 0.370 e. The lowest BCUT2D eigenvalue weighted by atomic mass is 9.87. The van der Waals surface area contributed by atoms with Crippen LogP contribution in [0.1, 0.15) is 20.8 Å². The number of hydrogen-bond acceptors (Lipinski definition) is 2. The molecular weight excluding hydrogens is 195 g/mol. The van der Waals surface area contributed by atoms with Gasteiger partial charge in [0.2, 0.25) is 0 Å². The molecule has 0 radical (unpaired) electrons. The van der Waals surface area contributed by atoms with Gasteiger partial charge >= 0.3 is 6.18 Å². The first kappa shape index (κ1) is 13.7. The van der Waals surface area contributed by atoms with E-state index >= 15 is 0 Å². The lowest BCUT2D eigenvalue weighted by Gasteiger charge is -2.30. The van der Waals surface area contributed by atoms with Gasteiger partial charge in [-0.2, -0.15) is 13.2 Å². The molecule has 1 unspecified atom stereocenters. The predicted octanol–water partition coefficient (Wildman–Crippen LogP) is 2.20. The fourth-order valence-corrected chi connectivity index (χ4v) is 1.06. The van der Waals surface area contributed by atoms with E-state index in [9.17, 15) is 13.2 Å². The molecule has 2 nitrogen and oxygen atoms in total. The third-order valence-electron chi connectivity index (χ3n) is 1.94. The van der Waals surface area contributed by atoms with Crippen LogP contribution in [-0.4, -0.2) is 32.5 Å². The number of ether oxygens (including phenoxy) is 1. The van der Waals surface area contributed by atoms with Crippen molar-refractivity contribution in [1.29, 1.82) is 0 Å². The molecular formula is C9H18F3NO. The van der Waals surface area contributed by atoms with Crippen molar-refractivity contribution in [3.63, 3.8) is 0 Å². The summed E-state index contributed by atoms with van der Waals surface area (Å²) in [7, 11) is 1.72. The van der Waals surface area contributed by atoms with Crippen molar-refractivity contribution in [2.75, 3.05) is 20.3 Å². The van der Waals surface area contributed by atoms with Gasteiger partial charge in [-0.15, -0.1) is 0 Å². The molecule has 0 aliphatic carbocycles. The standard InChI is InChI=1S/C9H18F3NO/c1-8(2,3)7(13-4)5-14-6-9(10,11)12/h7,13H,5-6H2,1-4H3. The molecule has 5 heteroatoms. The number of hydrogen-bond donors (Lipinski definition) is 1. The second kappa shape index (κ2) is 4.98. The zero-order chi connectivity index (χ0) is 11.4. The Morgan fingerprint density at radius 3 is 2.00 bits per heavy atom. The molecule has 0 aromatic heterocycles. The number of likely N-dealkylation sites (N-methyl/N-ethyl adjacent to an activating group) is 1. The first-order valence-electron chi connectivity index (χ1n) is 4.48. The van der Waals surface area contributed by atoms with Crippen LogP contribution in [0.4, 0.5) is 13.2 Å². The summed E-state index contributed by atoms with van der Waals surface area (Å²) in [6.07, 6.45) is -4.24. The monoisotopic (exact) mass is 213 g/mol. The van der Waals surface area contributed by atoms with Crippen molar-refractivity contribution in [2.24, 2.45) is 5.41 Å². The summed E-state index contributed by atoms with van der Waals surface area (Å²) in [6, 6.07) is -0.0788. The first-order valence-corrected chi connectivity index (χ1v) is 4.48. The summed E-state index contributed by atoms with van der Waals surface area (Å²) in [5.41, 5.74) is -0.111. The van der Waals surface area contributed by atoms with Gasteiger partial charge in [-0.25, -0.2) is 0 Å². The van der Waals surface area contributed by atoms with Gasteiger partial charge in [0.15, 0.2) is 0 Å². The van der Waals surface area contributed by atoms with Crippen molar-refractivity contribution in [3.8, 4) is 0 Å². The Morgan fingerprint density at radius 1 is 1.21 bits per heavy atom. The van der Waals surface area contributed by atoms with Gasteiger partial charge in [0.25, 0.3) is 0 Å². The van der Waals surface area contributed by atoms with E-state index in [0.29, 0.717) is 0 Å². The van der Waals surface area contributed by atoms with Gasteiger partial charge in [0, 0.05) is 6.04 Å². The van der Waals surface area contributed by atoms with E-state index in [0.717, 1.165) is 0 Å². The highest BCUT2D eigenvalue weighted by Gasteiger charge is 2.29. The minimum absolute atomic E-state index is 0.0690. The number of nitrogens with one attached hydrogen (secondary N) is 1. The van der Waals surface area contributed by atoms with Crippen LogP contribution >= 0.6 is 0 Å². The van der Waals surface area contributed by atoms with Crippen LogP contribution < -0.4 is 5.32 Å². The van der Waals surface area contributed by atoms with Crippen molar-refractivity contribution < 1.29 is 17.9 Å². The minimum Gasteiger partial charge on any atom is -0.370 e. The van der Waals surface area contributed by atoms with E-state index in [4.69, 9.17) is 0 Å². The van der Waals surface area contributed by atoms with Crippen molar-refractivity contribution in [3.05, 3.63) is 0 Å². The Balaban J connectivity index is 3.87. The highest BCUT2D eigenvalue weighted by Crippen LogP contribution is 2.20. The van der Waals surface area contributed by atoms with Gasteiger partial charge in [-0.05, 0) is 12.5 Å². The largest absolute Gasteiger partial charge is 0.411 e.